The Morgan fingerprint density at radius 2 is 1.97 bits per heavy atom. The van der Waals surface area contributed by atoms with E-state index in [-0.39, 0.29) is 25.1 Å². The lowest BCUT2D eigenvalue weighted by Gasteiger charge is -2.29. The number of aromatic nitrogens is 2. The van der Waals surface area contributed by atoms with Gasteiger partial charge in [-0.1, -0.05) is 0 Å². The van der Waals surface area contributed by atoms with Crippen LogP contribution in [-0.2, 0) is 30.4 Å². The van der Waals surface area contributed by atoms with E-state index in [0.29, 0.717) is 12.1 Å². The van der Waals surface area contributed by atoms with Crippen molar-refractivity contribution in [1.29, 1.82) is 0 Å². The molecule has 1 fully saturated rings. The molecule has 1 aromatic heterocycles. The number of carboxylic acids is 2. The van der Waals surface area contributed by atoms with Crippen LogP contribution in [0.4, 0.5) is 0 Å². The van der Waals surface area contributed by atoms with Crippen molar-refractivity contribution in [2.24, 2.45) is 5.73 Å². The maximum Gasteiger partial charge on any atom is 0.326 e. The summed E-state index contributed by atoms with van der Waals surface area (Å²) in [5, 5.41) is 22.6. The van der Waals surface area contributed by atoms with Gasteiger partial charge >= 0.3 is 11.9 Å². The number of carbonyl (C=O) groups excluding carboxylic acids is 3. The molecule has 1 aliphatic rings. The summed E-state index contributed by atoms with van der Waals surface area (Å²) in [7, 11) is 0. The first kappa shape index (κ1) is 25.1. The van der Waals surface area contributed by atoms with Gasteiger partial charge < -0.3 is 36.5 Å². The van der Waals surface area contributed by atoms with Gasteiger partial charge in [0.1, 0.15) is 18.1 Å². The normalized spacial score (nSPS) is 18.4. The monoisotopic (exact) mass is 470 g/mol. The molecule has 0 spiro atoms. The second-order valence-corrected chi connectivity index (χ2v) is 7.68. The number of carboxylic acid groups (broad SMARTS) is 2. The predicted octanol–water partition coefficient (Wildman–Crippen LogP) is -2.27. The highest BCUT2D eigenvalue weighted by molar-refractivity contribution is 7.80. The van der Waals surface area contributed by atoms with Crippen LogP contribution in [-0.4, -0.2) is 91.2 Å². The fraction of sp³-hybridized carbons (Fsp3) is 0.556. The van der Waals surface area contributed by atoms with Gasteiger partial charge in [-0.15, -0.1) is 0 Å². The summed E-state index contributed by atoms with van der Waals surface area (Å²) in [5.74, 6) is -4.86. The summed E-state index contributed by atoms with van der Waals surface area (Å²) in [6, 6.07) is -4.62. The summed E-state index contributed by atoms with van der Waals surface area (Å²) in [4.78, 5) is 67.9. The van der Waals surface area contributed by atoms with E-state index in [1.165, 1.54) is 17.4 Å². The van der Waals surface area contributed by atoms with E-state index in [0.717, 1.165) is 0 Å². The Hall–Kier alpha value is -3.13. The minimum atomic E-state index is -1.63. The maximum atomic E-state index is 13.0. The van der Waals surface area contributed by atoms with Crippen molar-refractivity contribution < 1.29 is 34.2 Å². The molecule has 0 bridgehead atoms. The minimum absolute atomic E-state index is 0.0526. The number of carbonyl (C=O) groups is 5. The third kappa shape index (κ3) is 6.68. The first-order valence-electron chi connectivity index (χ1n) is 9.83. The first-order valence-corrected chi connectivity index (χ1v) is 10.5. The van der Waals surface area contributed by atoms with Crippen molar-refractivity contribution in [3.05, 3.63) is 18.2 Å². The first-order chi connectivity index (χ1) is 15.1. The fourth-order valence-corrected chi connectivity index (χ4v) is 3.58. The Kier molecular flexibility index (Phi) is 9.02. The van der Waals surface area contributed by atoms with Gasteiger partial charge in [0.15, 0.2) is 0 Å². The Morgan fingerprint density at radius 3 is 2.53 bits per heavy atom. The highest BCUT2D eigenvalue weighted by Gasteiger charge is 2.39. The Bertz CT molecular complexity index is 849. The van der Waals surface area contributed by atoms with Gasteiger partial charge in [-0.3, -0.25) is 19.2 Å². The van der Waals surface area contributed by atoms with Gasteiger partial charge in [-0.05, 0) is 12.8 Å². The summed E-state index contributed by atoms with van der Waals surface area (Å²) in [6.45, 7) is 0.216. The van der Waals surface area contributed by atoms with Crippen LogP contribution in [0.15, 0.2) is 12.5 Å². The van der Waals surface area contributed by atoms with Gasteiger partial charge in [0, 0.05) is 30.6 Å². The Balaban J connectivity index is 2.01. The van der Waals surface area contributed by atoms with E-state index in [9.17, 15) is 24.0 Å². The molecule has 176 valence electrons. The molecular weight excluding hydrogens is 444 g/mol. The minimum Gasteiger partial charge on any atom is -0.481 e. The molecule has 4 unspecified atom stereocenters. The highest BCUT2D eigenvalue weighted by atomic mass is 32.1. The predicted molar refractivity (Wildman–Crippen MR) is 113 cm³/mol. The number of rotatable bonds is 11. The number of aliphatic carboxylic acids is 2. The molecule has 1 saturated heterocycles. The van der Waals surface area contributed by atoms with E-state index < -0.39 is 60.2 Å². The third-order valence-electron chi connectivity index (χ3n) is 4.96. The molecule has 0 aliphatic carbocycles. The standard InChI is InChI=1S/C18H26N6O7S/c19-10(4-9-6-20-8-21-9)15(27)23-12(7-32)17(29)24-3-1-2-13(24)16(28)22-11(18(30)31)5-14(25)26/h6,8,10-13,32H,1-5,7,19H2,(H,20,21)(H,22,28)(H,23,27)(H,25,26)(H,30,31). The van der Waals surface area contributed by atoms with Crippen molar-refractivity contribution in [1.82, 2.24) is 25.5 Å². The van der Waals surface area contributed by atoms with E-state index in [1.54, 1.807) is 0 Å². The van der Waals surface area contributed by atoms with E-state index in [2.05, 4.69) is 33.2 Å². The summed E-state index contributed by atoms with van der Waals surface area (Å²) < 4.78 is 0. The number of imidazole rings is 1. The molecule has 3 amide bonds. The van der Waals surface area contributed by atoms with Crippen LogP contribution in [0.25, 0.3) is 0 Å². The number of nitrogens with zero attached hydrogens (tertiary/aromatic N) is 2. The van der Waals surface area contributed by atoms with Gasteiger partial charge in [0.05, 0.1) is 18.8 Å². The number of nitrogens with two attached hydrogens (primary N) is 1. The molecule has 0 aromatic carbocycles. The van der Waals surface area contributed by atoms with Crippen molar-refractivity contribution in [2.45, 2.75) is 49.9 Å². The van der Waals surface area contributed by atoms with Crippen LogP contribution in [0.1, 0.15) is 25.0 Å². The quantitative estimate of drug-likeness (QED) is 0.174. The van der Waals surface area contributed by atoms with Gasteiger partial charge in [-0.25, -0.2) is 9.78 Å². The fourth-order valence-electron chi connectivity index (χ4n) is 3.34. The lowest BCUT2D eigenvalue weighted by atomic mass is 10.1. The van der Waals surface area contributed by atoms with E-state index in [4.69, 9.17) is 15.9 Å². The van der Waals surface area contributed by atoms with Crippen LogP contribution in [0, 0.1) is 0 Å². The smallest absolute Gasteiger partial charge is 0.326 e. The molecule has 7 N–H and O–H groups in total. The SMILES string of the molecule is NC(Cc1cnc[nH]1)C(=O)NC(CS)C(=O)N1CCCC1C(=O)NC(CC(=O)O)C(=O)O. The molecular formula is C18H26N6O7S. The maximum absolute atomic E-state index is 13.0. The molecule has 14 heteroatoms. The number of nitrogens with one attached hydrogen (secondary N) is 3. The second-order valence-electron chi connectivity index (χ2n) is 7.32. The molecule has 2 rings (SSSR count). The zero-order valence-electron chi connectivity index (χ0n) is 17.1. The summed E-state index contributed by atoms with van der Waals surface area (Å²) in [5.41, 5.74) is 6.53. The molecule has 2 heterocycles. The molecule has 0 saturated carbocycles. The second kappa shape index (κ2) is 11.5. The lowest BCUT2D eigenvalue weighted by molar-refractivity contribution is -0.148. The van der Waals surface area contributed by atoms with Gasteiger partial charge in [-0.2, -0.15) is 12.6 Å². The average Bonchev–Trinajstić information content (AvgIpc) is 3.42. The zero-order valence-corrected chi connectivity index (χ0v) is 18.0. The Morgan fingerprint density at radius 1 is 1.25 bits per heavy atom. The summed E-state index contributed by atoms with van der Waals surface area (Å²) in [6.07, 6.45) is 3.09. The van der Waals surface area contributed by atoms with E-state index in [1.807, 2.05) is 0 Å². The molecule has 1 aliphatic heterocycles. The van der Waals surface area contributed by atoms with Crippen molar-refractivity contribution in [3.63, 3.8) is 0 Å². The molecule has 1 aromatic rings. The third-order valence-corrected chi connectivity index (χ3v) is 5.33. The highest BCUT2D eigenvalue weighted by Crippen LogP contribution is 2.19. The van der Waals surface area contributed by atoms with Crippen LogP contribution >= 0.6 is 12.6 Å². The topological polar surface area (TPSA) is 208 Å². The van der Waals surface area contributed by atoms with Crippen LogP contribution in [0.3, 0.4) is 0 Å². The van der Waals surface area contributed by atoms with Crippen LogP contribution in [0.2, 0.25) is 0 Å². The molecule has 0 radical (unpaired) electrons. The number of H-pyrrole nitrogens is 1. The lowest BCUT2D eigenvalue weighted by Crippen LogP contribution is -2.57. The summed E-state index contributed by atoms with van der Waals surface area (Å²) >= 11 is 4.12. The van der Waals surface area contributed by atoms with Crippen molar-refractivity contribution in [3.8, 4) is 0 Å². The van der Waals surface area contributed by atoms with Crippen molar-refractivity contribution in [2.75, 3.05) is 12.3 Å². The number of amides is 3. The number of aromatic amines is 1. The van der Waals surface area contributed by atoms with Gasteiger partial charge in [0.2, 0.25) is 17.7 Å². The Labute approximate surface area is 188 Å². The van der Waals surface area contributed by atoms with E-state index >= 15 is 0 Å². The largest absolute Gasteiger partial charge is 0.481 e. The number of thiol groups is 1. The molecule has 4 atom stereocenters. The zero-order chi connectivity index (χ0) is 23.8. The number of hydrogen-bond donors (Lipinski definition) is 7. The van der Waals surface area contributed by atoms with Crippen molar-refractivity contribution >= 4 is 42.3 Å². The number of hydrogen-bond acceptors (Lipinski definition) is 8. The van der Waals surface area contributed by atoms with Crippen LogP contribution < -0.4 is 16.4 Å². The van der Waals surface area contributed by atoms with Crippen LogP contribution in [0.5, 0.6) is 0 Å². The molecule has 13 nitrogen and oxygen atoms in total. The van der Waals surface area contributed by atoms with Gasteiger partial charge in [0.25, 0.3) is 0 Å². The average molecular weight is 471 g/mol. The number of likely N-dealkylation sites (tertiary alicyclic amines) is 1. The molecule has 32 heavy (non-hydrogen) atoms.